The number of piperidine rings is 2. The lowest BCUT2D eigenvalue weighted by molar-refractivity contribution is -0.149. The molecule has 2 aliphatic rings. The van der Waals surface area contributed by atoms with Crippen molar-refractivity contribution in [2.24, 2.45) is 5.92 Å². The van der Waals surface area contributed by atoms with Crippen molar-refractivity contribution < 1.29 is 14.3 Å². The topological polar surface area (TPSA) is 75.6 Å². The number of hydrogen-bond donors (Lipinski definition) is 0. The Morgan fingerprint density at radius 2 is 1.84 bits per heavy atom. The predicted octanol–water partition coefficient (Wildman–Crippen LogP) is 3.55. The maximum absolute atomic E-state index is 13.5. The van der Waals surface area contributed by atoms with Gasteiger partial charge in [0.2, 0.25) is 0 Å². The molecular weight excluding hydrogens is 392 g/mol. The molecule has 1 aromatic heterocycles. The molecule has 3 heterocycles. The van der Waals surface area contributed by atoms with E-state index < -0.39 is 0 Å². The van der Waals surface area contributed by atoms with Crippen molar-refractivity contribution in [3.63, 3.8) is 0 Å². The predicted molar refractivity (Wildman–Crippen MR) is 119 cm³/mol. The monoisotopic (exact) mass is 422 g/mol. The van der Waals surface area contributed by atoms with Crippen LogP contribution in [-0.2, 0) is 9.53 Å². The van der Waals surface area contributed by atoms with E-state index in [1.807, 2.05) is 30.3 Å². The molecule has 0 saturated carbocycles. The second-order valence-electron chi connectivity index (χ2n) is 8.19. The van der Waals surface area contributed by atoms with Crippen LogP contribution in [0.4, 0.5) is 5.82 Å². The van der Waals surface area contributed by atoms with Crippen molar-refractivity contribution in [3.8, 4) is 11.4 Å². The van der Waals surface area contributed by atoms with Crippen molar-refractivity contribution in [1.29, 1.82) is 0 Å². The fraction of sp³-hybridized carbons (Fsp3) is 0.500. The number of amides is 1. The van der Waals surface area contributed by atoms with E-state index in [2.05, 4.69) is 9.88 Å². The number of aromatic nitrogens is 2. The van der Waals surface area contributed by atoms with Crippen molar-refractivity contribution in [2.75, 3.05) is 37.7 Å². The van der Waals surface area contributed by atoms with E-state index in [1.54, 1.807) is 18.0 Å². The van der Waals surface area contributed by atoms with Gasteiger partial charge in [-0.05, 0) is 39.0 Å². The van der Waals surface area contributed by atoms with Gasteiger partial charge in [-0.2, -0.15) is 0 Å². The minimum Gasteiger partial charge on any atom is -0.466 e. The quantitative estimate of drug-likeness (QED) is 0.686. The van der Waals surface area contributed by atoms with Crippen LogP contribution in [0.5, 0.6) is 0 Å². The number of nitrogens with zero attached hydrogens (tertiary/aromatic N) is 4. The summed E-state index contributed by atoms with van der Waals surface area (Å²) in [4.78, 5) is 39.1. The molecule has 0 spiro atoms. The number of esters is 1. The van der Waals surface area contributed by atoms with Crippen LogP contribution in [0, 0.1) is 5.92 Å². The number of carbonyl (C=O) groups is 2. The van der Waals surface area contributed by atoms with Crippen molar-refractivity contribution in [1.82, 2.24) is 14.9 Å². The Hall–Kier alpha value is -2.96. The van der Waals surface area contributed by atoms with Crippen molar-refractivity contribution >= 4 is 17.7 Å². The van der Waals surface area contributed by atoms with Crippen LogP contribution in [0.2, 0.25) is 0 Å². The molecule has 0 N–H and O–H groups in total. The SMILES string of the molecule is CCOC(=O)C1CCCN(C(=O)c2cnc(-c3ccccc3)nc2N2CCCCC2)C1. The van der Waals surface area contributed by atoms with E-state index in [0.29, 0.717) is 36.9 Å². The van der Waals surface area contributed by atoms with Gasteiger partial charge < -0.3 is 14.5 Å². The van der Waals surface area contributed by atoms with Gasteiger partial charge in [0.15, 0.2) is 5.82 Å². The van der Waals surface area contributed by atoms with Crippen LogP contribution in [-0.4, -0.2) is 59.5 Å². The summed E-state index contributed by atoms with van der Waals surface area (Å²) in [7, 11) is 0. The number of anilines is 1. The van der Waals surface area contributed by atoms with Gasteiger partial charge in [-0.3, -0.25) is 9.59 Å². The summed E-state index contributed by atoms with van der Waals surface area (Å²) in [5.74, 6) is 0.749. The highest BCUT2D eigenvalue weighted by Gasteiger charge is 2.32. The number of benzene rings is 1. The van der Waals surface area contributed by atoms with Crippen LogP contribution >= 0.6 is 0 Å². The van der Waals surface area contributed by atoms with Gasteiger partial charge in [0, 0.05) is 37.9 Å². The van der Waals surface area contributed by atoms with E-state index in [1.165, 1.54) is 6.42 Å². The molecule has 1 aromatic carbocycles. The summed E-state index contributed by atoms with van der Waals surface area (Å²) in [5, 5.41) is 0. The average molecular weight is 423 g/mol. The molecule has 1 atom stereocenters. The first kappa shape index (κ1) is 21.3. The lowest BCUT2D eigenvalue weighted by atomic mass is 9.97. The lowest BCUT2D eigenvalue weighted by Crippen LogP contribution is -2.43. The van der Waals surface area contributed by atoms with Crippen LogP contribution in [0.25, 0.3) is 11.4 Å². The second-order valence-corrected chi connectivity index (χ2v) is 8.19. The Morgan fingerprint density at radius 1 is 1.06 bits per heavy atom. The van der Waals surface area contributed by atoms with E-state index in [9.17, 15) is 9.59 Å². The van der Waals surface area contributed by atoms with E-state index in [0.717, 1.165) is 44.3 Å². The molecule has 164 valence electrons. The first-order chi connectivity index (χ1) is 15.2. The minimum atomic E-state index is -0.263. The fourth-order valence-electron chi connectivity index (χ4n) is 4.38. The van der Waals surface area contributed by atoms with E-state index >= 15 is 0 Å². The third-order valence-electron chi connectivity index (χ3n) is 6.02. The number of carbonyl (C=O) groups excluding carboxylic acids is 2. The maximum Gasteiger partial charge on any atom is 0.310 e. The highest BCUT2D eigenvalue weighted by Crippen LogP contribution is 2.28. The first-order valence-corrected chi connectivity index (χ1v) is 11.3. The maximum atomic E-state index is 13.5. The summed E-state index contributed by atoms with van der Waals surface area (Å²) >= 11 is 0. The second kappa shape index (κ2) is 9.90. The summed E-state index contributed by atoms with van der Waals surface area (Å²) in [5.41, 5.74) is 1.45. The number of ether oxygens (including phenoxy) is 1. The Labute approximate surface area is 183 Å². The van der Waals surface area contributed by atoms with Gasteiger partial charge in [-0.25, -0.2) is 9.97 Å². The first-order valence-electron chi connectivity index (χ1n) is 11.3. The normalized spacial score (nSPS) is 19.2. The largest absolute Gasteiger partial charge is 0.466 e. The molecule has 0 radical (unpaired) electrons. The highest BCUT2D eigenvalue weighted by molar-refractivity contribution is 5.99. The standard InChI is InChI=1S/C24H30N4O3/c1-2-31-24(30)19-12-9-15-28(17-19)23(29)20-16-25-21(18-10-5-3-6-11-18)26-22(20)27-13-7-4-8-14-27/h3,5-6,10-11,16,19H,2,4,7-9,12-15,17H2,1H3. The molecule has 31 heavy (non-hydrogen) atoms. The molecule has 7 nitrogen and oxygen atoms in total. The molecule has 1 amide bonds. The highest BCUT2D eigenvalue weighted by atomic mass is 16.5. The zero-order chi connectivity index (χ0) is 21.6. The van der Waals surface area contributed by atoms with Crippen LogP contribution < -0.4 is 4.90 Å². The third kappa shape index (κ3) is 4.86. The average Bonchev–Trinajstić information content (AvgIpc) is 2.84. The Kier molecular flexibility index (Phi) is 6.79. The molecule has 2 saturated heterocycles. The van der Waals surface area contributed by atoms with Gasteiger partial charge in [0.25, 0.3) is 5.91 Å². The summed E-state index contributed by atoms with van der Waals surface area (Å²) < 4.78 is 5.19. The third-order valence-corrected chi connectivity index (χ3v) is 6.02. The van der Waals surface area contributed by atoms with Gasteiger partial charge in [-0.1, -0.05) is 30.3 Å². The molecule has 1 unspecified atom stereocenters. The molecule has 2 fully saturated rings. The number of hydrogen-bond acceptors (Lipinski definition) is 6. The Bertz CT molecular complexity index is 912. The molecule has 0 aliphatic carbocycles. The summed E-state index contributed by atoms with van der Waals surface area (Å²) in [6, 6.07) is 9.84. The van der Waals surface area contributed by atoms with Crippen LogP contribution in [0.1, 0.15) is 49.4 Å². The van der Waals surface area contributed by atoms with E-state index in [-0.39, 0.29) is 17.8 Å². The molecule has 4 rings (SSSR count). The molecule has 0 bridgehead atoms. The fourth-order valence-corrected chi connectivity index (χ4v) is 4.38. The van der Waals surface area contributed by atoms with Crippen LogP contribution in [0.3, 0.4) is 0 Å². The molecule has 2 aliphatic heterocycles. The lowest BCUT2D eigenvalue weighted by Gasteiger charge is -2.33. The van der Waals surface area contributed by atoms with Gasteiger partial charge in [-0.15, -0.1) is 0 Å². The van der Waals surface area contributed by atoms with Crippen LogP contribution in [0.15, 0.2) is 36.5 Å². The molecule has 2 aromatic rings. The van der Waals surface area contributed by atoms with E-state index in [4.69, 9.17) is 9.72 Å². The molecule has 7 heteroatoms. The minimum absolute atomic E-state index is 0.103. The smallest absolute Gasteiger partial charge is 0.310 e. The van der Waals surface area contributed by atoms with Gasteiger partial charge >= 0.3 is 5.97 Å². The van der Waals surface area contributed by atoms with Crippen molar-refractivity contribution in [2.45, 2.75) is 39.0 Å². The zero-order valence-corrected chi connectivity index (χ0v) is 18.1. The number of rotatable bonds is 5. The van der Waals surface area contributed by atoms with Gasteiger partial charge in [0.1, 0.15) is 11.4 Å². The summed E-state index contributed by atoms with van der Waals surface area (Å²) in [6.07, 6.45) is 6.58. The zero-order valence-electron chi connectivity index (χ0n) is 18.1. The molecular formula is C24H30N4O3. The summed E-state index contributed by atoms with van der Waals surface area (Å²) in [6.45, 7) is 4.96. The van der Waals surface area contributed by atoms with Crippen molar-refractivity contribution in [3.05, 3.63) is 42.1 Å². The number of likely N-dealkylation sites (tertiary alicyclic amines) is 1. The Balaban J connectivity index is 1.63. The van der Waals surface area contributed by atoms with Gasteiger partial charge in [0.05, 0.1) is 12.5 Å². The Morgan fingerprint density at radius 3 is 2.58 bits per heavy atom.